The van der Waals surface area contributed by atoms with E-state index in [-0.39, 0.29) is 11.9 Å². The SMILES string of the molecule is CCOC(=O)C1CCCC(N[C@@H](C)c2ccc(C)cc2)C1. The van der Waals surface area contributed by atoms with Crippen LogP contribution in [0.25, 0.3) is 0 Å². The highest BCUT2D eigenvalue weighted by atomic mass is 16.5. The summed E-state index contributed by atoms with van der Waals surface area (Å²) in [5.74, 6) is 0.0495. The number of rotatable bonds is 5. The number of ether oxygens (including phenoxy) is 1. The molecule has 1 saturated carbocycles. The summed E-state index contributed by atoms with van der Waals surface area (Å²) in [6, 6.07) is 9.38. The van der Waals surface area contributed by atoms with E-state index in [1.165, 1.54) is 11.1 Å². The van der Waals surface area contributed by atoms with Crippen LogP contribution in [-0.4, -0.2) is 18.6 Å². The highest BCUT2D eigenvalue weighted by molar-refractivity contribution is 5.72. The first-order valence-corrected chi connectivity index (χ1v) is 8.09. The van der Waals surface area contributed by atoms with Gasteiger partial charge in [0, 0.05) is 12.1 Å². The molecule has 0 aliphatic heterocycles. The van der Waals surface area contributed by atoms with Crippen LogP contribution in [0.3, 0.4) is 0 Å². The molecular weight excluding hydrogens is 262 g/mol. The number of hydrogen-bond donors (Lipinski definition) is 1. The van der Waals surface area contributed by atoms with Gasteiger partial charge in [0.05, 0.1) is 12.5 Å². The van der Waals surface area contributed by atoms with Crippen molar-refractivity contribution in [3.8, 4) is 0 Å². The molecule has 1 aromatic carbocycles. The van der Waals surface area contributed by atoms with Crippen LogP contribution in [-0.2, 0) is 9.53 Å². The average molecular weight is 289 g/mol. The van der Waals surface area contributed by atoms with Gasteiger partial charge in [-0.25, -0.2) is 0 Å². The van der Waals surface area contributed by atoms with Crippen molar-refractivity contribution in [3.63, 3.8) is 0 Å². The van der Waals surface area contributed by atoms with Crippen molar-refractivity contribution in [2.45, 2.75) is 58.5 Å². The van der Waals surface area contributed by atoms with E-state index in [2.05, 4.69) is 43.4 Å². The number of carbonyl (C=O) groups excluding carboxylic acids is 1. The topological polar surface area (TPSA) is 38.3 Å². The van der Waals surface area contributed by atoms with Gasteiger partial charge in [-0.15, -0.1) is 0 Å². The van der Waals surface area contributed by atoms with Gasteiger partial charge in [0.1, 0.15) is 0 Å². The van der Waals surface area contributed by atoms with E-state index in [1.54, 1.807) is 0 Å². The molecule has 1 aliphatic carbocycles. The minimum Gasteiger partial charge on any atom is -0.466 e. The lowest BCUT2D eigenvalue weighted by Gasteiger charge is -2.31. The molecular formula is C18H27NO2. The van der Waals surface area contributed by atoms with Crippen LogP contribution in [0, 0.1) is 12.8 Å². The lowest BCUT2D eigenvalue weighted by molar-refractivity contribution is -0.149. The van der Waals surface area contributed by atoms with Crippen LogP contribution < -0.4 is 5.32 Å². The summed E-state index contributed by atoms with van der Waals surface area (Å²) in [7, 11) is 0. The summed E-state index contributed by atoms with van der Waals surface area (Å²) in [5.41, 5.74) is 2.59. The minimum absolute atomic E-state index is 0.0213. The Hall–Kier alpha value is -1.35. The molecule has 0 heterocycles. The van der Waals surface area contributed by atoms with Crippen molar-refractivity contribution in [3.05, 3.63) is 35.4 Å². The van der Waals surface area contributed by atoms with Crippen molar-refractivity contribution in [1.29, 1.82) is 0 Å². The first kappa shape index (κ1) is 16.0. The van der Waals surface area contributed by atoms with Crippen LogP contribution in [0.4, 0.5) is 0 Å². The Morgan fingerprint density at radius 1 is 1.33 bits per heavy atom. The van der Waals surface area contributed by atoms with E-state index in [4.69, 9.17) is 4.74 Å². The summed E-state index contributed by atoms with van der Waals surface area (Å²) in [6.45, 7) is 6.65. The second-order valence-electron chi connectivity index (χ2n) is 6.11. The van der Waals surface area contributed by atoms with Gasteiger partial charge < -0.3 is 10.1 Å². The molecule has 3 atom stereocenters. The summed E-state index contributed by atoms with van der Waals surface area (Å²) in [4.78, 5) is 11.9. The quantitative estimate of drug-likeness (QED) is 0.839. The van der Waals surface area contributed by atoms with Crippen LogP contribution in [0.15, 0.2) is 24.3 Å². The molecule has 0 spiro atoms. The van der Waals surface area contributed by atoms with Gasteiger partial charge in [0.25, 0.3) is 0 Å². The third kappa shape index (κ3) is 4.57. The lowest BCUT2D eigenvalue weighted by atomic mass is 9.85. The fraction of sp³-hybridized carbons (Fsp3) is 0.611. The van der Waals surface area contributed by atoms with Crippen LogP contribution in [0.2, 0.25) is 0 Å². The van der Waals surface area contributed by atoms with Crippen molar-refractivity contribution in [1.82, 2.24) is 5.32 Å². The van der Waals surface area contributed by atoms with Crippen LogP contribution >= 0.6 is 0 Å². The van der Waals surface area contributed by atoms with E-state index in [1.807, 2.05) is 6.92 Å². The zero-order valence-electron chi connectivity index (χ0n) is 13.4. The maximum Gasteiger partial charge on any atom is 0.308 e. The Kier molecular flexibility index (Phi) is 5.80. The molecule has 0 amide bonds. The average Bonchev–Trinajstić information content (AvgIpc) is 2.48. The Morgan fingerprint density at radius 2 is 2.05 bits per heavy atom. The zero-order chi connectivity index (χ0) is 15.2. The molecule has 0 bridgehead atoms. The fourth-order valence-electron chi connectivity index (χ4n) is 3.12. The second-order valence-corrected chi connectivity index (χ2v) is 6.11. The molecule has 2 unspecified atom stereocenters. The van der Waals surface area contributed by atoms with E-state index in [9.17, 15) is 4.79 Å². The first-order valence-electron chi connectivity index (χ1n) is 8.09. The monoisotopic (exact) mass is 289 g/mol. The van der Waals surface area contributed by atoms with Crippen molar-refractivity contribution in [2.24, 2.45) is 5.92 Å². The molecule has 1 fully saturated rings. The Balaban J connectivity index is 1.89. The molecule has 1 aromatic rings. The van der Waals surface area contributed by atoms with Crippen molar-refractivity contribution >= 4 is 5.97 Å². The molecule has 0 aromatic heterocycles. The number of hydrogen-bond acceptors (Lipinski definition) is 3. The maximum atomic E-state index is 11.9. The zero-order valence-corrected chi connectivity index (χ0v) is 13.4. The second kappa shape index (κ2) is 7.60. The molecule has 0 radical (unpaired) electrons. The predicted octanol–water partition coefficient (Wildman–Crippen LogP) is 3.77. The summed E-state index contributed by atoms with van der Waals surface area (Å²) >= 11 is 0. The van der Waals surface area contributed by atoms with E-state index in [0.717, 1.165) is 25.7 Å². The fourth-order valence-corrected chi connectivity index (χ4v) is 3.12. The van der Waals surface area contributed by atoms with Gasteiger partial charge >= 0.3 is 5.97 Å². The van der Waals surface area contributed by atoms with Crippen LogP contribution in [0.5, 0.6) is 0 Å². The summed E-state index contributed by atoms with van der Waals surface area (Å²) in [6.07, 6.45) is 4.11. The largest absolute Gasteiger partial charge is 0.466 e. The number of esters is 1. The standard InChI is InChI=1S/C18H27NO2/c1-4-21-18(20)16-6-5-7-17(12-16)19-14(3)15-10-8-13(2)9-11-15/h8-11,14,16-17,19H,4-7,12H2,1-3H3/t14-,16?,17?/m0/s1. The Morgan fingerprint density at radius 3 is 2.71 bits per heavy atom. The molecule has 116 valence electrons. The van der Waals surface area contributed by atoms with Gasteiger partial charge in [-0.3, -0.25) is 4.79 Å². The van der Waals surface area contributed by atoms with Gasteiger partial charge in [0.15, 0.2) is 0 Å². The number of benzene rings is 1. The van der Waals surface area contributed by atoms with Gasteiger partial charge in [-0.1, -0.05) is 36.2 Å². The smallest absolute Gasteiger partial charge is 0.308 e. The minimum atomic E-state index is -0.0213. The molecule has 3 heteroatoms. The molecule has 1 N–H and O–H groups in total. The third-order valence-corrected chi connectivity index (χ3v) is 4.36. The number of nitrogens with one attached hydrogen (secondary N) is 1. The summed E-state index contributed by atoms with van der Waals surface area (Å²) < 4.78 is 5.17. The van der Waals surface area contributed by atoms with Gasteiger partial charge in [-0.2, -0.15) is 0 Å². The Bertz CT molecular complexity index is 455. The Labute approximate surface area is 128 Å². The van der Waals surface area contributed by atoms with Crippen LogP contribution in [0.1, 0.15) is 56.7 Å². The van der Waals surface area contributed by atoms with Crippen molar-refractivity contribution in [2.75, 3.05) is 6.61 Å². The molecule has 1 aliphatic rings. The third-order valence-electron chi connectivity index (χ3n) is 4.36. The molecule has 0 saturated heterocycles. The summed E-state index contributed by atoms with van der Waals surface area (Å²) in [5, 5.41) is 3.67. The predicted molar refractivity (Wildman–Crippen MR) is 85.1 cm³/mol. The van der Waals surface area contributed by atoms with E-state index in [0.29, 0.717) is 18.7 Å². The molecule has 21 heavy (non-hydrogen) atoms. The first-order chi connectivity index (χ1) is 10.1. The lowest BCUT2D eigenvalue weighted by Crippen LogP contribution is -2.38. The molecule has 2 rings (SSSR count). The highest BCUT2D eigenvalue weighted by Gasteiger charge is 2.28. The number of carbonyl (C=O) groups is 1. The van der Waals surface area contributed by atoms with E-state index < -0.39 is 0 Å². The highest BCUT2D eigenvalue weighted by Crippen LogP contribution is 2.27. The van der Waals surface area contributed by atoms with E-state index >= 15 is 0 Å². The maximum absolute atomic E-state index is 11.9. The normalized spacial score (nSPS) is 23.6. The molecule has 3 nitrogen and oxygen atoms in total. The van der Waals surface area contributed by atoms with Gasteiger partial charge in [0.2, 0.25) is 0 Å². The van der Waals surface area contributed by atoms with Crippen molar-refractivity contribution < 1.29 is 9.53 Å². The van der Waals surface area contributed by atoms with Gasteiger partial charge in [-0.05, 0) is 45.6 Å². The number of aryl methyl sites for hydroxylation is 1.